The lowest BCUT2D eigenvalue weighted by Gasteiger charge is -2.55. The molecule has 4 aliphatic carbocycles. The molecule has 0 amide bonds. The van der Waals surface area contributed by atoms with Crippen LogP contribution in [-0.2, 0) is 4.79 Å². The maximum absolute atomic E-state index is 13.0. The summed E-state index contributed by atoms with van der Waals surface area (Å²) in [6.45, 7) is 0. The predicted octanol–water partition coefficient (Wildman–Crippen LogP) is 2.28. The molecule has 0 N–H and O–H groups in total. The summed E-state index contributed by atoms with van der Waals surface area (Å²) in [5.74, 6) is 0.467. The Labute approximate surface area is 155 Å². The smallest absolute Gasteiger partial charge is 0.345 e. The van der Waals surface area contributed by atoms with Crippen LogP contribution in [0.2, 0.25) is 0 Å². The molecule has 4 bridgehead atoms. The van der Waals surface area contributed by atoms with E-state index in [0.717, 1.165) is 19.3 Å². The number of esters is 1. The molecule has 6 rings (SSSR count). The highest BCUT2D eigenvalue weighted by atomic mass is 16.5. The van der Waals surface area contributed by atoms with Gasteiger partial charge >= 0.3 is 11.6 Å². The average Bonchev–Trinajstić information content (AvgIpc) is 2.59. The van der Waals surface area contributed by atoms with Crippen LogP contribution in [0.1, 0.15) is 48.9 Å². The van der Waals surface area contributed by atoms with Gasteiger partial charge in [0.05, 0.1) is 16.9 Å². The number of ether oxygens (including phenoxy) is 1. The summed E-state index contributed by atoms with van der Waals surface area (Å²) in [5, 5.41) is 11.4. The van der Waals surface area contributed by atoms with Crippen molar-refractivity contribution in [3.8, 4) is 5.75 Å². The highest BCUT2D eigenvalue weighted by molar-refractivity contribution is 5.90. The summed E-state index contributed by atoms with van der Waals surface area (Å²) in [4.78, 5) is 35.7. The van der Waals surface area contributed by atoms with Crippen molar-refractivity contribution < 1.29 is 23.8 Å². The molecule has 0 spiro atoms. The van der Waals surface area contributed by atoms with Gasteiger partial charge in [0.2, 0.25) is 0 Å². The number of hydrogen-bond donors (Lipinski definition) is 0. The summed E-state index contributed by atoms with van der Waals surface area (Å²) in [6.07, 6.45) is 6.47. The van der Waals surface area contributed by atoms with Crippen LogP contribution in [0, 0.1) is 23.2 Å². The van der Waals surface area contributed by atoms with Gasteiger partial charge in [0, 0.05) is 11.5 Å². The molecule has 1 aromatic heterocycles. The quantitative estimate of drug-likeness (QED) is 0.469. The Morgan fingerprint density at radius 2 is 1.67 bits per heavy atom. The van der Waals surface area contributed by atoms with Crippen molar-refractivity contribution in [3.05, 3.63) is 40.2 Å². The molecule has 4 saturated carbocycles. The van der Waals surface area contributed by atoms with Crippen LogP contribution in [0.4, 0.5) is 0 Å². The minimum atomic E-state index is -1.58. The Bertz CT molecular complexity index is 982. The van der Waals surface area contributed by atoms with E-state index in [1.165, 1.54) is 31.4 Å². The van der Waals surface area contributed by atoms with Crippen LogP contribution in [0.3, 0.4) is 0 Å². The van der Waals surface area contributed by atoms with Crippen molar-refractivity contribution in [1.82, 2.24) is 0 Å². The second-order valence-corrected chi connectivity index (χ2v) is 8.52. The van der Waals surface area contributed by atoms with Crippen LogP contribution >= 0.6 is 0 Å². The molecular weight excluding hydrogens is 348 g/mol. The average molecular weight is 367 g/mol. The Morgan fingerprint density at radius 1 is 1.04 bits per heavy atom. The summed E-state index contributed by atoms with van der Waals surface area (Å²) in [6, 6.07) is 5.85. The van der Waals surface area contributed by atoms with Gasteiger partial charge in [-0.3, -0.25) is 4.79 Å². The number of aromatic carboxylic acids is 1. The maximum atomic E-state index is 13.0. The normalized spacial score (nSPS) is 31.2. The van der Waals surface area contributed by atoms with Crippen molar-refractivity contribution in [2.75, 3.05) is 0 Å². The highest BCUT2D eigenvalue weighted by Crippen LogP contribution is 2.60. The number of carboxylic acid groups (broad SMARTS) is 1. The van der Waals surface area contributed by atoms with Crippen LogP contribution in [0.25, 0.3) is 11.0 Å². The summed E-state index contributed by atoms with van der Waals surface area (Å²) >= 11 is 0. The molecule has 1 aromatic carbocycles. The minimum Gasteiger partial charge on any atom is -0.545 e. The van der Waals surface area contributed by atoms with E-state index >= 15 is 0 Å². The van der Waals surface area contributed by atoms with Crippen molar-refractivity contribution in [2.45, 2.75) is 38.5 Å². The van der Waals surface area contributed by atoms with E-state index in [4.69, 9.17) is 9.15 Å². The largest absolute Gasteiger partial charge is 0.545 e. The molecule has 1 heterocycles. The Morgan fingerprint density at radius 3 is 2.26 bits per heavy atom. The van der Waals surface area contributed by atoms with E-state index in [1.54, 1.807) is 12.1 Å². The first-order valence-corrected chi connectivity index (χ1v) is 9.43. The molecule has 2 aromatic rings. The van der Waals surface area contributed by atoms with E-state index < -0.39 is 17.2 Å². The Balaban J connectivity index is 1.43. The standard InChI is InChI=1S/C21H20O6/c22-18(23)16-6-14-1-2-15(7-17(14)27-19(16)24)26-20(25)21-8-11-3-12(9-21)5-13(4-11)10-21/h1-2,6-7,11-13H,3-5,8-10H2,(H,22,23)/p-1. The fraction of sp³-hybridized carbons (Fsp3) is 0.476. The third kappa shape index (κ3) is 2.66. The number of hydrogen-bond acceptors (Lipinski definition) is 6. The van der Waals surface area contributed by atoms with Gasteiger partial charge in [-0.25, -0.2) is 4.79 Å². The van der Waals surface area contributed by atoms with Crippen molar-refractivity contribution in [1.29, 1.82) is 0 Å². The van der Waals surface area contributed by atoms with E-state index in [-0.39, 0.29) is 17.0 Å². The number of carbonyl (C=O) groups is 2. The van der Waals surface area contributed by atoms with Gasteiger partial charge in [-0.15, -0.1) is 0 Å². The maximum Gasteiger partial charge on any atom is 0.345 e. The Hall–Kier alpha value is -2.63. The van der Waals surface area contributed by atoms with E-state index in [0.29, 0.717) is 28.9 Å². The fourth-order valence-corrected chi connectivity index (χ4v) is 5.87. The molecule has 140 valence electrons. The zero-order valence-corrected chi connectivity index (χ0v) is 14.7. The molecular formula is C21H19O6-. The monoisotopic (exact) mass is 367 g/mol. The molecule has 0 saturated heterocycles. The molecule has 6 heteroatoms. The van der Waals surface area contributed by atoms with E-state index in [1.807, 2.05) is 0 Å². The van der Waals surface area contributed by atoms with Gasteiger partial charge in [0.25, 0.3) is 0 Å². The zero-order valence-electron chi connectivity index (χ0n) is 14.7. The van der Waals surface area contributed by atoms with Gasteiger partial charge in [0.1, 0.15) is 11.3 Å². The van der Waals surface area contributed by atoms with Crippen LogP contribution in [0.5, 0.6) is 5.75 Å². The molecule has 0 radical (unpaired) electrons. The van der Waals surface area contributed by atoms with Gasteiger partial charge in [0.15, 0.2) is 0 Å². The zero-order chi connectivity index (χ0) is 18.8. The number of fused-ring (bicyclic) bond motifs is 1. The minimum absolute atomic E-state index is 0.181. The lowest BCUT2D eigenvalue weighted by atomic mass is 9.49. The summed E-state index contributed by atoms with van der Waals surface area (Å²) < 4.78 is 10.8. The second-order valence-electron chi connectivity index (χ2n) is 8.52. The van der Waals surface area contributed by atoms with Crippen LogP contribution in [-0.4, -0.2) is 11.9 Å². The first-order valence-electron chi connectivity index (χ1n) is 9.43. The summed E-state index contributed by atoms with van der Waals surface area (Å²) in [5.41, 5.74) is -1.70. The Kier molecular flexibility index (Phi) is 3.48. The second kappa shape index (κ2) is 5.68. The van der Waals surface area contributed by atoms with Crippen LogP contribution < -0.4 is 15.5 Å². The number of benzene rings is 1. The van der Waals surface area contributed by atoms with E-state index in [9.17, 15) is 19.5 Å². The van der Waals surface area contributed by atoms with Crippen molar-refractivity contribution in [3.63, 3.8) is 0 Å². The molecule has 0 atom stereocenters. The molecule has 0 unspecified atom stereocenters. The third-order valence-corrected chi connectivity index (χ3v) is 6.61. The molecule has 27 heavy (non-hydrogen) atoms. The van der Waals surface area contributed by atoms with Crippen molar-refractivity contribution >= 4 is 22.9 Å². The number of rotatable bonds is 3. The highest BCUT2D eigenvalue weighted by Gasteiger charge is 2.55. The SMILES string of the molecule is O=C([O-])c1cc2ccc(OC(=O)C34CC5CC(CC(C5)C3)C4)cc2oc1=O. The van der Waals surface area contributed by atoms with E-state index in [2.05, 4.69) is 0 Å². The summed E-state index contributed by atoms with van der Waals surface area (Å²) in [7, 11) is 0. The first kappa shape index (κ1) is 16.5. The number of carboxylic acids is 1. The molecule has 4 fully saturated rings. The molecule has 0 aliphatic heterocycles. The molecule has 6 nitrogen and oxygen atoms in total. The van der Waals surface area contributed by atoms with Crippen LogP contribution in [0.15, 0.2) is 33.5 Å². The van der Waals surface area contributed by atoms with Gasteiger partial charge < -0.3 is 19.1 Å². The van der Waals surface area contributed by atoms with Gasteiger partial charge in [-0.05, 0) is 74.5 Å². The van der Waals surface area contributed by atoms with Crippen molar-refractivity contribution in [2.24, 2.45) is 23.2 Å². The van der Waals surface area contributed by atoms with Gasteiger partial charge in [-0.2, -0.15) is 0 Å². The van der Waals surface area contributed by atoms with Gasteiger partial charge in [-0.1, -0.05) is 0 Å². The predicted molar refractivity (Wildman–Crippen MR) is 93.1 cm³/mol. The topological polar surface area (TPSA) is 96.6 Å². The molecule has 4 aliphatic rings. The fourth-order valence-electron chi connectivity index (χ4n) is 5.87. The third-order valence-electron chi connectivity index (χ3n) is 6.61. The lowest BCUT2D eigenvalue weighted by Crippen LogP contribution is -2.51. The number of carbonyl (C=O) groups excluding carboxylic acids is 2. The lowest BCUT2D eigenvalue weighted by molar-refractivity contribution is -0.255. The first-order chi connectivity index (χ1) is 12.9.